The van der Waals surface area contributed by atoms with Gasteiger partial charge < -0.3 is 5.73 Å². The zero-order valence-electron chi connectivity index (χ0n) is 9.75. The van der Waals surface area contributed by atoms with Crippen LogP contribution >= 0.6 is 15.9 Å². The van der Waals surface area contributed by atoms with Gasteiger partial charge in [0.25, 0.3) is 0 Å². The molecule has 0 radical (unpaired) electrons. The lowest BCUT2D eigenvalue weighted by molar-refractivity contribution is 0.675. The van der Waals surface area contributed by atoms with E-state index in [0.29, 0.717) is 5.75 Å². The Bertz CT molecular complexity index is 527. The number of hydrogen-bond donors (Lipinski definition) is 1. The van der Waals surface area contributed by atoms with Gasteiger partial charge in [0, 0.05) is 21.2 Å². The maximum Gasteiger partial charge on any atom is 0.0548 e. The highest BCUT2D eigenvalue weighted by atomic mass is 79.9. The lowest BCUT2D eigenvalue weighted by atomic mass is 10.1. The van der Waals surface area contributed by atoms with Gasteiger partial charge in [-0.2, -0.15) is 0 Å². The average Bonchev–Trinajstić information content (AvgIpc) is 2.40. The minimum absolute atomic E-state index is 0.198. The zero-order valence-corrected chi connectivity index (χ0v) is 12.2. The van der Waals surface area contributed by atoms with Gasteiger partial charge in [0.15, 0.2) is 0 Å². The standard InChI is InChI=1S/C14H14BrNOS/c15-12-6-8-13(9-7-12)18(17)10-14(16)11-4-2-1-3-5-11/h1-9,14H,10,16H2. The molecule has 0 saturated carbocycles. The summed E-state index contributed by atoms with van der Waals surface area (Å²) in [5.74, 6) is 0.436. The van der Waals surface area contributed by atoms with Gasteiger partial charge in [-0.1, -0.05) is 46.3 Å². The largest absolute Gasteiger partial charge is 0.323 e. The van der Waals surface area contributed by atoms with Crippen LogP contribution < -0.4 is 5.73 Å². The van der Waals surface area contributed by atoms with Gasteiger partial charge >= 0.3 is 0 Å². The van der Waals surface area contributed by atoms with Crippen molar-refractivity contribution in [3.63, 3.8) is 0 Å². The van der Waals surface area contributed by atoms with Gasteiger partial charge in [0.05, 0.1) is 10.8 Å². The van der Waals surface area contributed by atoms with Gasteiger partial charge in [-0.05, 0) is 29.8 Å². The molecule has 2 atom stereocenters. The Morgan fingerprint density at radius 3 is 2.28 bits per heavy atom. The maximum absolute atomic E-state index is 12.2. The van der Waals surface area contributed by atoms with E-state index in [0.717, 1.165) is 14.9 Å². The molecule has 0 amide bonds. The Morgan fingerprint density at radius 1 is 1.06 bits per heavy atom. The van der Waals surface area contributed by atoms with Crippen molar-refractivity contribution in [2.75, 3.05) is 5.75 Å². The van der Waals surface area contributed by atoms with E-state index >= 15 is 0 Å². The van der Waals surface area contributed by atoms with Crippen molar-refractivity contribution in [2.45, 2.75) is 10.9 Å². The summed E-state index contributed by atoms with van der Waals surface area (Å²) >= 11 is 3.36. The smallest absolute Gasteiger partial charge is 0.0548 e. The van der Waals surface area contributed by atoms with Crippen molar-refractivity contribution in [3.8, 4) is 0 Å². The first kappa shape index (κ1) is 13.5. The Morgan fingerprint density at radius 2 is 1.67 bits per heavy atom. The first-order chi connectivity index (χ1) is 8.66. The second kappa shape index (κ2) is 6.27. The molecule has 2 rings (SSSR count). The van der Waals surface area contributed by atoms with Crippen molar-refractivity contribution < 1.29 is 4.21 Å². The van der Waals surface area contributed by atoms with E-state index in [2.05, 4.69) is 15.9 Å². The minimum atomic E-state index is -1.07. The fourth-order valence-electron chi connectivity index (χ4n) is 1.64. The van der Waals surface area contributed by atoms with Crippen LogP contribution in [0.15, 0.2) is 64.0 Å². The molecule has 0 aliphatic heterocycles. The molecule has 0 aliphatic carbocycles. The second-order valence-corrected chi connectivity index (χ2v) is 6.39. The second-order valence-electron chi connectivity index (χ2n) is 3.98. The Hall–Kier alpha value is -0.970. The van der Waals surface area contributed by atoms with E-state index < -0.39 is 10.8 Å². The SMILES string of the molecule is NC(CS(=O)c1ccc(Br)cc1)c1ccccc1. The molecule has 2 aromatic carbocycles. The molecule has 0 saturated heterocycles. The number of nitrogens with two attached hydrogens (primary N) is 1. The molecular formula is C14H14BrNOS. The van der Waals surface area contributed by atoms with Gasteiger partial charge in [-0.3, -0.25) is 4.21 Å². The van der Waals surface area contributed by atoms with Crippen LogP contribution in [-0.2, 0) is 10.8 Å². The van der Waals surface area contributed by atoms with Gasteiger partial charge in [0.2, 0.25) is 0 Å². The van der Waals surface area contributed by atoms with Crippen LogP contribution in [0.2, 0.25) is 0 Å². The van der Waals surface area contributed by atoms with E-state index in [1.54, 1.807) is 0 Å². The van der Waals surface area contributed by atoms with Gasteiger partial charge in [-0.15, -0.1) is 0 Å². The molecule has 0 bridgehead atoms. The predicted octanol–water partition coefficient (Wildman–Crippen LogP) is 3.26. The normalized spacial score (nSPS) is 14.1. The molecule has 0 aliphatic rings. The molecule has 2 N–H and O–H groups in total. The summed E-state index contributed by atoms with van der Waals surface area (Å²) in [4.78, 5) is 0.810. The average molecular weight is 324 g/mol. The molecule has 2 nitrogen and oxygen atoms in total. The molecule has 2 aromatic rings. The lowest BCUT2D eigenvalue weighted by Crippen LogP contribution is -2.18. The highest BCUT2D eigenvalue weighted by molar-refractivity contribution is 9.10. The van der Waals surface area contributed by atoms with E-state index in [4.69, 9.17) is 5.73 Å². The Kier molecular flexibility index (Phi) is 4.69. The summed E-state index contributed by atoms with van der Waals surface area (Å²) in [6.07, 6.45) is 0. The minimum Gasteiger partial charge on any atom is -0.323 e. The molecular weight excluding hydrogens is 310 g/mol. The molecule has 4 heteroatoms. The van der Waals surface area contributed by atoms with Crippen molar-refractivity contribution >= 4 is 26.7 Å². The molecule has 94 valence electrons. The first-order valence-corrected chi connectivity index (χ1v) is 7.72. The maximum atomic E-state index is 12.2. The molecule has 0 aromatic heterocycles. The Balaban J connectivity index is 2.06. The van der Waals surface area contributed by atoms with Gasteiger partial charge in [-0.25, -0.2) is 0 Å². The fourth-order valence-corrected chi connectivity index (χ4v) is 3.06. The van der Waals surface area contributed by atoms with Crippen LogP contribution in [0.4, 0.5) is 0 Å². The topological polar surface area (TPSA) is 43.1 Å². The van der Waals surface area contributed by atoms with Crippen LogP contribution in [-0.4, -0.2) is 9.96 Å². The summed E-state index contributed by atoms with van der Waals surface area (Å²) in [5.41, 5.74) is 7.08. The fraction of sp³-hybridized carbons (Fsp3) is 0.143. The third-order valence-corrected chi connectivity index (χ3v) is 4.62. The van der Waals surface area contributed by atoms with E-state index in [1.165, 1.54) is 0 Å². The van der Waals surface area contributed by atoms with Crippen molar-refractivity contribution in [2.24, 2.45) is 5.73 Å². The molecule has 0 spiro atoms. The summed E-state index contributed by atoms with van der Waals surface area (Å²) in [6.45, 7) is 0. The molecule has 2 unspecified atom stereocenters. The highest BCUT2D eigenvalue weighted by Crippen LogP contribution is 2.17. The first-order valence-electron chi connectivity index (χ1n) is 5.61. The van der Waals surface area contributed by atoms with Crippen LogP contribution in [0.1, 0.15) is 11.6 Å². The van der Waals surface area contributed by atoms with E-state index in [-0.39, 0.29) is 6.04 Å². The van der Waals surface area contributed by atoms with E-state index in [9.17, 15) is 4.21 Å². The number of benzene rings is 2. The monoisotopic (exact) mass is 323 g/mol. The van der Waals surface area contributed by atoms with Gasteiger partial charge in [0.1, 0.15) is 0 Å². The predicted molar refractivity (Wildman–Crippen MR) is 78.8 cm³/mol. The summed E-state index contributed by atoms with van der Waals surface area (Å²) in [6, 6.07) is 17.1. The van der Waals surface area contributed by atoms with Crippen LogP contribution in [0, 0.1) is 0 Å². The van der Waals surface area contributed by atoms with Crippen LogP contribution in [0.5, 0.6) is 0 Å². The van der Waals surface area contributed by atoms with Crippen molar-refractivity contribution in [1.82, 2.24) is 0 Å². The summed E-state index contributed by atoms with van der Waals surface area (Å²) in [5, 5.41) is 0. The van der Waals surface area contributed by atoms with Crippen molar-refractivity contribution in [3.05, 3.63) is 64.6 Å². The number of halogens is 1. The van der Waals surface area contributed by atoms with Crippen molar-refractivity contribution in [1.29, 1.82) is 0 Å². The lowest BCUT2D eigenvalue weighted by Gasteiger charge is -2.11. The third-order valence-electron chi connectivity index (χ3n) is 2.64. The number of hydrogen-bond acceptors (Lipinski definition) is 2. The number of rotatable bonds is 4. The molecule has 18 heavy (non-hydrogen) atoms. The molecule has 0 fully saturated rings. The molecule has 0 heterocycles. The zero-order chi connectivity index (χ0) is 13.0. The quantitative estimate of drug-likeness (QED) is 0.938. The van der Waals surface area contributed by atoms with Crippen LogP contribution in [0.3, 0.4) is 0 Å². The summed E-state index contributed by atoms with van der Waals surface area (Å²) < 4.78 is 13.1. The third kappa shape index (κ3) is 3.51. The highest BCUT2D eigenvalue weighted by Gasteiger charge is 2.11. The van der Waals surface area contributed by atoms with E-state index in [1.807, 2.05) is 54.6 Å². The van der Waals surface area contributed by atoms with Crippen LogP contribution in [0.25, 0.3) is 0 Å². The summed E-state index contributed by atoms with van der Waals surface area (Å²) in [7, 11) is -1.07. The Labute approximate surface area is 118 Å².